The molecule has 0 heterocycles. The summed E-state index contributed by atoms with van der Waals surface area (Å²) in [4.78, 5) is 11.1. The van der Waals surface area contributed by atoms with Crippen molar-refractivity contribution in [3.05, 3.63) is 65.0 Å². The van der Waals surface area contributed by atoms with Gasteiger partial charge in [-0.3, -0.25) is 4.79 Å². The monoisotopic (exact) mass is 447 g/mol. The van der Waals surface area contributed by atoms with E-state index in [1.165, 1.54) is 31.4 Å². The van der Waals surface area contributed by atoms with Crippen molar-refractivity contribution in [2.24, 2.45) is 0 Å². The van der Waals surface area contributed by atoms with Crippen LogP contribution < -0.4 is 10.1 Å². The first-order valence-corrected chi connectivity index (χ1v) is 9.61. The third kappa shape index (κ3) is 4.26. The molecule has 3 rings (SSSR count). The topological polar surface area (TPSA) is 58.6 Å². The molecular formula is C24H21F4NO3. The van der Waals surface area contributed by atoms with Crippen LogP contribution in [0.1, 0.15) is 16.7 Å². The normalized spacial score (nSPS) is 11.4. The molecule has 3 aromatic carbocycles. The molecule has 0 fully saturated rings. The summed E-state index contributed by atoms with van der Waals surface area (Å²) in [5.74, 6) is -2.73. The van der Waals surface area contributed by atoms with E-state index in [4.69, 9.17) is 4.74 Å². The molecule has 2 N–H and O–H groups in total. The van der Waals surface area contributed by atoms with E-state index >= 15 is 0 Å². The van der Waals surface area contributed by atoms with Crippen LogP contribution in [0, 0.1) is 26.6 Å². The van der Waals surface area contributed by atoms with Crippen molar-refractivity contribution < 1.29 is 32.2 Å². The van der Waals surface area contributed by atoms with E-state index in [0.29, 0.717) is 16.9 Å². The van der Waals surface area contributed by atoms with Gasteiger partial charge in [0, 0.05) is 11.3 Å². The number of benzene rings is 3. The molecule has 0 aliphatic heterocycles. The number of aromatic hydroxyl groups is 1. The van der Waals surface area contributed by atoms with Crippen LogP contribution in [0.15, 0.2) is 42.5 Å². The molecule has 0 aromatic heterocycles. The Morgan fingerprint density at radius 1 is 0.906 bits per heavy atom. The molecule has 0 saturated carbocycles. The van der Waals surface area contributed by atoms with Gasteiger partial charge in [0.15, 0.2) is 11.6 Å². The van der Waals surface area contributed by atoms with Crippen LogP contribution in [0.5, 0.6) is 11.5 Å². The maximum atomic E-state index is 14.0. The molecule has 32 heavy (non-hydrogen) atoms. The molecule has 0 unspecified atom stereocenters. The Morgan fingerprint density at radius 2 is 1.47 bits per heavy atom. The molecule has 8 heteroatoms. The predicted octanol–water partition coefficient (Wildman–Crippen LogP) is 6.30. The molecule has 4 nitrogen and oxygen atoms in total. The van der Waals surface area contributed by atoms with E-state index in [1.807, 2.05) is 26.1 Å². The van der Waals surface area contributed by atoms with E-state index in [2.05, 4.69) is 0 Å². The summed E-state index contributed by atoms with van der Waals surface area (Å²) in [6, 6.07) is 10.1. The van der Waals surface area contributed by atoms with Crippen LogP contribution in [0.25, 0.3) is 22.3 Å². The molecule has 3 aromatic rings. The number of methoxy groups -OCH3 is 1. The maximum absolute atomic E-state index is 14.0. The van der Waals surface area contributed by atoms with Crippen molar-refractivity contribution >= 4 is 11.6 Å². The van der Waals surface area contributed by atoms with Gasteiger partial charge in [-0.1, -0.05) is 18.2 Å². The second kappa shape index (κ2) is 8.53. The van der Waals surface area contributed by atoms with Gasteiger partial charge in [0.05, 0.1) is 7.11 Å². The van der Waals surface area contributed by atoms with Crippen LogP contribution in [-0.4, -0.2) is 24.3 Å². The van der Waals surface area contributed by atoms with Gasteiger partial charge < -0.3 is 15.2 Å². The SMILES string of the molecule is COc1c(C)c(-c2ccc(NC(=O)C(F)(F)F)cc2)c(C)c(C)c1-c1ccc(O)c(F)c1. The molecule has 168 valence electrons. The number of nitrogens with one attached hydrogen (secondary N) is 1. The number of alkyl halides is 3. The summed E-state index contributed by atoms with van der Waals surface area (Å²) in [7, 11) is 1.50. The van der Waals surface area contributed by atoms with E-state index in [9.17, 15) is 27.5 Å². The number of ether oxygens (including phenoxy) is 1. The van der Waals surface area contributed by atoms with E-state index in [1.54, 1.807) is 18.2 Å². The number of hydrogen-bond acceptors (Lipinski definition) is 3. The number of carbonyl (C=O) groups is 1. The Bertz CT molecular complexity index is 1190. The minimum atomic E-state index is -4.97. The fraction of sp³-hybridized carbons (Fsp3) is 0.208. The Labute approximate surface area is 182 Å². The molecule has 0 atom stereocenters. The smallest absolute Gasteiger partial charge is 0.471 e. The molecule has 0 radical (unpaired) electrons. The molecule has 0 bridgehead atoms. The van der Waals surface area contributed by atoms with Gasteiger partial charge in [0.2, 0.25) is 0 Å². The van der Waals surface area contributed by atoms with Crippen LogP contribution in [-0.2, 0) is 4.79 Å². The first-order valence-electron chi connectivity index (χ1n) is 9.61. The van der Waals surface area contributed by atoms with Gasteiger partial charge in [-0.05, 0) is 78.4 Å². The highest BCUT2D eigenvalue weighted by atomic mass is 19.4. The largest absolute Gasteiger partial charge is 0.505 e. The Morgan fingerprint density at radius 3 is 2.00 bits per heavy atom. The zero-order chi connectivity index (χ0) is 23.8. The fourth-order valence-electron chi connectivity index (χ4n) is 3.75. The van der Waals surface area contributed by atoms with Crippen LogP contribution >= 0.6 is 0 Å². The highest BCUT2D eigenvalue weighted by Gasteiger charge is 2.38. The van der Waals surface area contributed by atoms with Gasteiger partial charge in [0.1, 0.15) is 5.75 Å². The second-order valence-corrected chi connectivity index (χ2v) is 7.35. The number of carbonyl (C=O) groups excluding carboxylic acids is 1. The third-order valence-electron chi connectivity index (χ3n) is 5.38. The fourth-order valence-corrected chi connectivity index (χ4v) is 3.75. The number of amides is 1. The summed E-state index contributed by atoms with van der Waals surface area (Å²) in [6.45, 7) is 5.58. The van der Waals surface area contributed by atoms with Crippen molar-refractivity contribution in [1.82, 2.24) is 0 Å². The zero-order valence-electron chi connectivity index (χ0n) is 17.8. The van der Waals surface area contributed by atoms with Crippen LogP contribution in [0.3, 0.4) is 0 Å². The number of hydrogen-bond donors (Lipinski definition) is 2. The lowest BCUT2D eigenvalue weighted by molar-refractivity contribution is -0.167. The van der Waals surface area contributed by atoms with Crippen molar-refractivity contribution in [1.29, 1.82) is 0 Å². The minimum absolute atomic E-state index is 0.0197. The molecule has 0 saturated heterocycles. The molecule has 0 spiro atoms. The van der Waals surface area contributed by atoms with Gasteiger partial charge in [-0.2, -0.15) is 13.2 Å². The average Bonchev–Trinajstić information content (AvgIpc) is 2.73. The summed E-state index contributed by atoms with van der Waals surface area (Å²) in [5, 5.41) is 11.3. The van der Waals surface area contributed by atoms with Crippen molar-refractivity contribution in [3.63, 3.8) is 0 Å². The molecule has 0 aliphatic carbocycles. The quantitative estimate of drug-likeness (QED) is 0.462. The number of anilines is 1. The summed E-state index contributed by atoms with van der Waals surface area (Å²) in [6.07, 6.45) is -4.97. The van der Waals surface area contributed by atoms with E-state index < -0.39 is 23.7 Å². The first kappa shape index (κ1) is 23.1. The third-order valence-corrected chi connectivity index (χ3v) is 5.38. The van der Waals surface area contributed by atoms with Gasteiger partial charge in [-0.15, -0.1) is 0 Å². The van der Waals surface area contributed by atoms with Crippen molar-refractivity contribution in [3.8, 4) is 33.8 Å². The summed E-state index contributed by atoms with van der Waals surface area (Å²) >= 11 is 0. The van der Waals surface area contributed by atoms with E-state index in [-0.39, 0.29) is 5.69 Å². The highest BCUT2D eigenvalue weighted by Crippen LogP contribution is 2.44. The van der Waals surface area contributed by atoms with Crippen LogP contribution in [0.2, 0.25) is 0 Å². The number of phenolic OH excluding ortho intramolecular Hbond substituents is 1. The molecule has 0 aliphatic rings. The lowest BCUT2D eigenvalue weighted by Gasteiger charge is -2.22. The van der Waals surface area contributed by atoms with Gasteiger partial charge in [0.25, 0.3) is 0 Å². The Hall–Kier alpha value is -3.55. The van der Waals surface area contributed by atoms with Gasteiger partial charge >= 0.3 is 12.1 Å². The number of halogens is 4. The molecule has 1 amide bonds. The second-order valence-electron chi connectivity index (χ2n) is 7.35. The Kier molecular flexibility index (Phi) is 6.16. The average molecular weight is 447 g/mol. The van der Waals surface area contributed by atoms with Crippen molar-refractivity contribution in [2.75, 3.05) is 12.4 Å². The van der Waals surface area contributed by atoms with Crippen molar-refractivity contribution in [2.45, 2.75) is 26.9 Å². The predicted molar refractivity (Wildman–Crippen MR) is 114 cm³/mol. The first-order chi connectivity index (χ1) is 15.0. The standard InChI is InChI=1S/C24H21F4NO3/c1-12-13(2)21(16-7-10-19(30)18(25)11-16)22(32-4)14(3)20(12)15-5-8-17(9-6-15)29-23(31)24(26,27)28/h5-11,30H,1-4H3,(H,29,31). The summed E-state index contributed by atoms with van der Waals surface area (Å²) < 4.78 is 57.1. The zero-order valence-corrected chi connectivity index (χ0v) is 17.8. The van der Waals surface area contributed by atoms with E-state index in [0.717, 1.165) is 27.8 Å². The maximum Gasteiger partial charge on any atom is 0.471 e. The minimum Gasteiger partial charge on any atom is -0.505 e. The summed E-state index contributed by atoms with van der Waals surface area (Å²) in [5.41, 5.74) is 5.22. The Balaban J connectivity index is 2.10. The highest BCUT2D eigenvalue weighted by molar-refractivity contribution is 5.95. The van der Waals surface area contributed by atoms with Gasteiger partial charge in [-0.25, -0.2) is 4.39 Å². The number of rotatable bonds is 4. The number of phenols is 1. The van der Waals surface area contributed by atoms with Crippen LogP contribution in [0.4, 0.5) is 23.2 Å². The molecular weight excluding hydrogens is 426 g/mol. The lowest BCUT2D eigenvalue weighted by Crippen LogP contribution is -2.29. The lowest BCUT2D eigenvalue weighted by atomic mass is 9.86.